The maximum Gasteiger partial charge on any atom is 0.257 e. The first-order chi connectivity index (χ1) is 15.2. The second-order valence-corrected chi connectivity index (χ2v) is 9.13. The molecule has 0 bridgehead atoms. The van der Waals surface area contributed by atoms with E-state index < -0.39 is 17.3 Å². The summed E-state index contributed by atoms with van der Waals surface area (Å²) in [4.78, 5) is 33.4. The highest BCUT2D eigenvalue weighted by atomic mass is 19.1. The van der Waals surface area contributed by atoms with Crippen molar-refractivity contribution in [1.29, 1.82) is 0 Å². The molecule has 1 aromatic heterocycles. The summed E-state index contributed by atoms with van der Waals surface area (Å²) in [7, 11) is 5.17. The SMILES string of the molecule is Cc1cc(F)c(C(=O)NC2CC2)cc1-c1cnc(N(C)C2(CO)CC2)c(C(=O)N(C)C)c1. The number of nitrogens with zero attached hydrogens (tertiary/aromatic N) is 3. The number of benzene rings is 1. The number of likely N-dealkylation sites (N-methyl/N-ethyl adjacent to an activating group) is 1. The fourth-order valence-electron chi connectivity index (χ4n) is 3.89. The van der Waals surface area contributed by atoms with Crippen LogP contribution >= 0.6 is 0 Å². The average molecular weight is 441 g/mol. The lowest BCUT2D eigenvalue weighted by molar-refractivity contribution is 0.0827. The summed E-state index contributed by atoms with van der Waals surface area (Å²) in [6, 6.07) is 4.73. The molecule has 0 aliphatic heterocycles. The van der Waals surface area contributed by atoms with Gasteiger partial charge in [-0.1, -0.05) is 0 Å². The zero-order valence-electron chi connectivity index (χ0n) is 18.9. The summed E-state index contributed by atoms with van der Waals surface area (Å²) >= 11 is 0. The van der Waals surface area contributed by atoms with E-state index in [1.165, 1.54) is 17.0 Å². The van der Waals surface area contributed by atoms with E-state index in [9.17, 15) is 19.1 Å². The Balaban J connectivity index is 1.78. The van der Waals surface area contributed by atoms with Crippen LogP contribution in [0, 0.1) is 12.7 Å². The van der Waals surface area contributed by atoms with Crippen LogP contribution in [0.5, 0.6) is 0 Å². The van der Waals surface area contributed by atoms with E-state index in [4.69, 9.17) is 0 Å². The van der Waals surface area contributed by atoms with Crippen LogP contribution in [0.25, 0.3) is 11.1 Å². The lowest BCUT2D eigenvalue weighted by atomic mass is 9.97. The quantitative estimate of drug-likeness (QED) is 0.692. The van der Waals surface area contributed by atoms with Crippen LogP contribution in [0.15, 0.2) is 24.4 Å². The standard InChI is InChI=1S/C24H29FN4O3/c1-14-9-20(25)18(22(31)27-16-5-6-16)11-17(14)15-10-19(23(32)28(2)3)21(26-12-15)29(4)24(13-30)7-8-24/h9-12,16,30H,5-8,13H2,1-4H3,(H,27,31). The molecule has 32 heavy (non-hydrogen) atoms. The van der Waals surface area contributed by atoms with Crippen LogP contribution in [0.4, 0.5) is 10.2 Å². The third-order valence-corrected chi connectivity index (χ3v) is 6.44. The Hall–Kier alpha value is -3.00. The molecule has 2 fully saturated rings. The van der Waals surface area contributed by atoms with Crippen molar-refractivity contribution in [1.82, 2.24) is 15.2 Å². The monoisotopic (exact) mass is 440 g/mol. The zero-order chi connectivity index (χ0) is 23.2. The van der Waals surface area contributed by atoms with Crippen molar-refractivity contribution in [3.05, 3.63) is 46.9 Å². The minimum absolute atomic E-state index is 0.0148. The zero-order valence-corrected chi connectivity index (χ0v) is 18.9. The number of carbonyl (C=O) groups is 2. The van der Waals surface area contributed by atoms with Gasteiger partial charge in [-0.15, -0.1) is 0 Å². The van der Waals surface area contributed by atoms with Gasteiger partial charge < -0.3 is 20.2 Å². The Morgan fingerprint density at radius 2 is 1.88 bits per heavy atom. The molecule has 2 amide bonds. The number of aryl methyl sites for hydroxylation is 1. The van der Waals surface area contributed by atoms with Gasteiger partial charge in [-0.25, -0.2) is 9.37 Å². The molecule has 0 unspecified atom stereocenters. The number of carbonyl (C=O) groups excluding carboxylic acids is 2. The maximum atomic E-state index is 14.6. The van der Waals surface area contributed by atoms with Crippen molar-refractivity contribution in [2.24, 2.45) is 0 Å². The predicted molar refractivity (Wildman–Crippen MR) is 120 cm³/mol. The highest BCUT2D eigenvalue weighted by Gasteiger charge is 2.47. The molecule has 2 N–H and O–H groups in total. The summed E-state index contributed by atoms with van der Waals surface area (Å²) in [6.45, 7) is 1.75. The lowest BCUT2D eigenvalue weighted by Gasteiger charge is -2.30. The van der Waals surface area contributed by atoms with Gasteiger partial charge in [0, 0.05) is 38.9 Å². The number of amides is 2. The molecule has 2 aliphatic rings. The van der Waals surface area contributed by atoms with Gasteiger partial charge >= 0.3 is 0 Å². The molecule has 8 heteroatoms. The molecule has 170 valence electrons. The molecule has 1 heterocycles. The number of aliphatic hydroxyl groups is 1. The van der Waals surface area contributed by atoms with Gasteiger partial charge in [-0.3, -0.25) is 9.59 Å². The van der Waals surface area contributed by atoms with E-state index in [0.29, 0.717) is 28.1 Å². The molecule has 0 saturated heterocycles. The normalized spacial score (nSPS) is 16.4. The summed E-state index contributed by atoms with van der Waals surface area (Å²) in [5.41, 5.74) is 1.89. The third kappa shape index (κ3) is 4.07. The Labute approximate surface area is 187 Å². The number of hydrogen-bond donors (Lipinski definition) is 2. The van der Waals surface area contributed by atoms with E-state index in [0.717, 1.165) is 25.7 Å². The molecule has 2 aromatic rings. The molecule has 0 atom stereocenters. The molecular formula is C24H29FN4O3. The van der Waals surface area contributed by atoms with Gasteiger partial charge in [0.2, 0.25) is 0 Å². The fraction of sp³-hybridized carbons (Fsp3) is 0.458. The molecule has 0 spiro atoms. The van der Waals surface area contributed by atoms with Crippen LogP contribution < -0.4 is 10.2 Å². The van der Waals surface area contributed by atoms with Crippen molar-refractivity contribution in [2.45, 2.75) is 44.2 Å². The minimum atomic E-state index is -0.572. The topological polar surface area (TPSA) is 85.8 Å². The molecule has 1 aromatic carbocycles. The highest BCUT2D eigenvalue weighted by Crippen LogP contribution is 2.43. The van der Waals surface area contributed by atoms with Crippen LogP contribution in [-0.2, 0) is 0 Å². The Morgan fingerprint density at radius 1 is 1.19 bits per heavy atom. The van der Waals surface area contributed by atoms with E-state index in [2.05, 4.69) is 10.3 Å². The first-order valence-corrected chi connectivity index (χ1v) is 10.8. The van der Waals surface area contributed by atoms with Crippen LogP contribution in [0.3, 0.4) is 0 Å². The van der Waals surface area contributed by atoms with Crippen LogP contribution in [0.2, 0.25) is 0 Å². The molecule has 0 radical (unpaired) electrons. The van der Waals surface area contributed by atoms with Gasteiger partial charge in [0.1, 0.15) is 11.6 Å². The highest BCUT2D eigenvalue weighted by molar-refractivity contribution is 6.00. The fourth-order valence-corrected chi connectivity index (χ4v) is 3.89. The minimum Gasteiger partial charge on any atom is -0.394 e. The van der Waals surface area contributed by atoms with Gasteiger partial charge in [0.05, 0.1) is 23.3 Å². The number of anilines is 1. The molecule has 7 nitrogen and oxygen atoms in total. The predicted octanol–water partition coefficient (Wildman–Crippen LogP) is 2.75. The lowest BCUT2D eigenvalue weighted by Crippen LogP contribution is -2.39. The number of nitrogens with one attached hydrogen (secondary N) is 1. The maximum absolute atomic E-state index is 14.6. The summed E-state index contributed by atoms with van der Waals surface area (Å²) in [5, 5.41) is 12.7. The van der Waals surface area contributed by atoms with E-state index >= 15 is 0 Å². The van der Waals surface area contributed by atoms with Crippen LogP contribution in [0.1, 0.15) is 52.0 Å². The van der Waals surface area contributed by atoms with Crippen molar-refractivity contribution in [3.63, 3.8) is 0 Å². The van der Waals surface area contributed by atoms with Crippen molar-refractivity contribution in [3.8, 4) is 11.1 Å². The van der Waals surface area contributed by atoms with Gasteiger partial charge in [0.25, 0.3) is 11.8 Å². The van der Waals surface area contributed by atoms with E-state index in [1.807, 2.05) is 11.9 Å². The molecule has 2 saturated carbocycles. The van der Waals surface area contributed by atoms with Gasteiger partial charge in [-0.05, 0) is 61.9 Å². The molecular weight excluding hydrogens is 411 g/mol. The third-order valence-electron chi connectivity index (χ3n) is 6.44. The smallest absolute Gasteiger partial charge is 0.257 e. The number of hydrogen-bond acceptors (Lipinski definition) is 5. The Morgan fingerprint density at radius 3 is 2.44 bits per heavy atom. The van der Waals surface area contributed by atoms with Gasteiger partial charge in [-0.2, -0.15) is 0 Å². The summed E-state index contributed by atoms with van der Waals surface area (Å²) < 4.78 is 14.6. The second kappa shape index (κ2) is 8.16. The summed E-state index contributed by atoms with van der Waals surface area (Å²) in [6.07, 6.45) is 5.12. The van der Waals surface area contributed by atoms with E-state index in [1.54, 1.807) is 33.3 Å². The Bertz CT molecular complexity index is 1080. The second-order valence-electron chi connectivity index (χ2n) is 9.13. The van der Waals surface area contributed by atoms with Crippen molar-refractivity contribution in [2.75, 3.05) is 32.6 Å². The molecule has 2 aliphatic carbocycles. The largest absolute Gasteiger partial charge is 0.394 e. The summed E-state index contributed by atoms with van der Waals surface area (Å²) in [5.74, 6) is -0.734. The number of aliphatic hydroxyl groups excluding tert-OH is 1. The first-order valence-electron chi connectivity index (χ1n) is 10.8. The van der Waals surface area contributed by atoms with Gasteiger partial charge in [0.15, 0.2) is 0 Å². The first kappa shape index (κ1) is 22.2. The average Bonchev–Trinajstić information content (AvgIpc) is 3.68. The number of pyridine rings is 1. The number of rotatable bonds is 7. The number of halogens is 1. The van der Waals surface area contributed by atoms with Crippen LogP contribution in [-0.4, -0.2) is 66.1 Å². The van der Waals surface area contributed by atoms with Crippen molar-refractivity contribution >= 4 is 17.6 Å². The Kier molecular flexibility index (Phi) is 5.67. The van der Waals surface area contributed by atoms with E-state index in [-0.39, 0.29) is 24.1 Å². The molecule has 4 rings (SSSR count). The van der Waals surface area contributed by atoms with Crippen molar-refractivity contribution < 1.29 is 19.1 Å². The number of aromatic nitrogens is 1.